The van der Waals surface area contributed by atoms with Gasteiger partial charge in [0.05, 0.1) is 31.2 Å². The molecular weight excluding hydrogens is 400 g/mol. The predicted octanol–water partition coefficient (Wildman–Crippen LogP) is 3.52. The standard InChI is InChI=1S/C26H30N4O2/c1-19-13-22-16-29(17-23(19)30(22)24-8-7-20(14-27)15-28-24)25(31)9-12-32-18-26(10-11-26)21-5-3-2-4-6-21/h2-8,15,19,22-23H,9-13,16-18H2,1H3/t19-,22?,23?/m0/s1. The molecule has 0 radical (unpaired) electrons. The Morgan fingerprint density at radius 1 is 1.22 bits per heavy atom. The maximum Gasteiger partial charge on any atom is 0.225 e. The molecule has 2 aromatic rings. The second-order valence-corrected chi connectivity index (χ2v) is 9.61. The van der Waals surface area contributed by atoms with Crippen LogP contribution in [-0.2, 0) is 14.9 Å². The molecule has 2 saturated heterocycles. The molecule has 1 saturated carbocycles. The van der Waals surface area contributed by atoms with Gasteiger partial charge in [-0.2, -0.15) is 5.26 Å². The molecule has 1 aromatic carbocycles. The first kappa shape index (κ1) is 21.0. The lowest BCUT2D eigenvalue weighted by atomic mass is 9.97. The molecule has 1 amide bonds. The summed E-state index contributed by atoms with van der Waals surface area (Å²) in [5.41, 5.74) is 2.09. The average Bonchev–Trinajstić information content (AvgIpc) is 3.59. The molecule has 3 aliphatic rings. The van der Waals surface area contributed by atoms with Gasteiger partial charge in [0, 0.05) is 30.7 Å². The van der Waals surface area contributed by atoms with E-state index in [2.05, 4.69) is 47.1 Å². The number of fused-ring (bicyclic) bond motifs is 2. The van der Waals surface area contributed by atoms with Crippen molar-refractivity contribution in [3.05, 3.63) is 59.8 Å². The Morgan fingerprint density at radius 2 is 2.03 bits per heavy atom. The molecule has 6 nitrogen and oxygen atoms in total. The Morgan fingerprint density at radius 3 is 2.69 bits per heavy atom. The van der Waals surface area contributed by atoms with E-state index in [0.717, 1.165) is 38.2 Å². The molecule has 3 heterocycles. The summed E-state index contributed by atoms with van der Waals surface area (Å²) in [4.78, 5) is 21.8. The third-order valence-electron chi connectivity index (χ3n) is 7.46. The normalized spacial score (nSPS) is 25.4. The van der Waals surface area contributed by atoms with E-state index >= 15 is 0 Å². The summed E-state index contributed by atoms with van der Waals surface area (Å²) in [6, 6.07) is 17.0. The van der Waals surface area contributed by atoms with Crippen LogP contribution in [-0.4, -0.2) is 54.2 Å². The van der Waals surface area contributed by atoms with Gasteiger partial charge >= 0.3 is 0 Å². The van der Waals surface area contributed by atoms with E-state index in [9.17, 15) is 4.79 Å². The van der Waals surface area contributed by atoms with Gasteiger partial charge in [-0.15, -0.1) is 0 Å². The van der Waals surface area contributed by atoms with Gasteiger partial charge in [0.25, 0.3) is 0 Å². The Balaban J connectivity index is 1.14. The lowest BCUT2D eigenvalue weighted by Gasteiger charge is -2.42. The minimum Gasteiger partial charge on any atom is -0.380 e. The van der Waals surface area contributed by atoms with Crippen LogP contribution in [0.15, 0.2) is 48.7 Å². The van der Waals surface area contributed by atoms with Crippen molar-refractivity contribution in [2.45, 2.75) is 50.1 Å². The number of carbonyl (C=O) groups excluding carboxylic acids is 1. The largest absolute Gasteiger partial charge is 0.380 e. The SMILES string of the molecule is C[C@H]1CC2CN(C(=O)CCOCC3(c4ccccc4)CC3)CC1N2c1ccc(C#N)cn1. The van der Waals surface area contributed by atoms with Gasteiger partial charge in [0.2, 0.25) is 5.91 Å². The molecule has 0 spiro atoms. The molecule has 2 aliphatic heterocycles. The molecule has 3 atom stereocenters. The highest BCUT2D eigenvalue weighted by molar-refractivity contribution is 5.77. The van der Waals surface area contributed by atoms with E-state index in [1.807, 2.05) is 23.1 Å². The number of carbonyl (C=O) groups is 1. The summed E-state index contributed by atoms with van der Waals surface area (Å²) in [6.07, 6.45) is 5.46. The van der Waals surface area contributed by atoms with Gasteiger partial charge in [0.15, 0.2) is 0 Å². The Kier molecular flexibility index (Phi) is 5.60. The van der Waals surface area contributed by atoms with Gasteiger partial charge in [-0.1, -0.05) is 37.3 Å². The molecule has 1 aliphatic carbocycles. The van der Waals surface area contributed by atoms with Crippen molar-refractivity contribution in [2.24, 2.45) is 5.92 Å². The summed E-state index contributed by atoms with van der Waals surface area (Å²) >= 11 is 0. The van der Waals surface area contributed by atoms with Gasteiger partial charge in [-0.25, -0.2) is 4.98 Å². The first-order valence-electron chi connectivity index (χ1n) is 11.7. The van der Waals surface area contributed by atoms with E-state index in [1.165, 1.54) is 5.56 Å². The number of benzene rings is 1. The second kappa shape index (κ2) is 8.55. The lowest BCUT2D eigenvalue weighted by Crippen LogP contribution is -2.56. The summed E-state index contributed by atoms with van der Waals surface area (Å²) in [5.74, 6) is 1.60. The van der Waals surface area contributed by atoms with Crippen molar-refractivity contribution in [3.63, 3.8) is 0 Å². The molecule has 166 valence electrons. The monoisotopic (exact) mass is 430 g/mol. The predicted molar refractivity (Wildman–Crippen MR) is 122 cm³/mol. The Hall–Kier alpha value is -2.91. The molecule has 6 heteroatoms. The summed E-state index contributed by atoms with van der Waals surface area (Å²) < 4.78 is 5.99. The van der Waals surface area contributed by atoms with Crippen LogP contribution in [0.1, 0.15) is 43.7 Å². The highest BCUT2D eigenvalue weighted by Crippen LogP contribution is 2.48. The third kappa shape index (κ3) is 3.98. The van der Waals surface area contributed by atoms with Crippen LogP contribution in [0.25, 0.3) is 0 Å². The zero-order valence-corrected chi connectivity index (χ0v) is 18.6. The van der Waals surface area contributed by atoms with Crippen LogP contribution in [0.4, 0.5) is 5.82 Å². The topological polar surface area (TPSA) is 69.5 Å². The maximum atomic E-state index is 12.9. The van der Waals surface area contributed by atoms with Gasteiger partial charge in [-0.3, -0.25) is 4.79 Å². The van der Waals surface area contributed by atoms with Crippen molar-refractivity contribution in [3.8, 4) is 6.07 Å². The van der Waals surface area contributed by atoms with Crippen LogP contribution in [0, 0.1) is 17.2 Å². The number of nitriles is 1. The number of ether oxygens (including phenoxy) is 1. The molecule has 32 heavy (non-hydrogen) atoms. The van der Waals surface area contributed by atoms with Gasteiger partial charge < -0.3 is 14.5 Å². The lowest BCUT2D eigenvalue weighted by molar-refractivity contribution is -0.133. The number of piperazine rings is 1. The van der Waals surface area contributed by atoms with Crippen molar-refractivity contribution >= 4 is 11.7 Å². The molecule has 0 N–H and O–H groups in total. The minimum atomic E-state index is 0.165. The quantitative estimate of drug-likeness (QED) is 0.629. The highest BCUT2D eigenvalue weighted by atomic mass is 16.5. The Labute approximate surface area is 189 Å². The van der Waals surface area contributed by atoms with Crippen molar-refractivity contribution in [2.75, 3.05) is 31.2 Å². The van der Waals surface area contributed by atoms with Gasteiger partial charge in [0.1, 0.15) is 11.9 Å². The molecular formula is C26H30N4O2. The van der Waals surface area contributed by atoms with Crippen molar-refractivity contribution in [1.82, 2.24) is 9.88 Å². The van der Waals surface area contributed by atoms with Crippen LogP contribution in [0.3, 0.4) is 0 Å². The van der Waals surface area contributed by atoms with Gasteiger partial charge in [-0.05, 0) is 42.9 Å². The number of anilines is 1. The number of nitrogens with zero attached hydrogens (tertiary/aromatic N) is 4. The van der Waals surface area contributed by atoms with Crippen molar-refractivity contribution in [1.29, 1.82) is 5.26 Å². The molecule has 5 rings (SSSR count). The van der Waals surface area contributed by atoms with E-state index in [-0.39, 0.29) is 23.4 Å². The first-order chi connectivity index (χ1) is 15.6. The summed E-state index contributed by atoms with van der Waals surface area (Å²) in [6.45, 7) is 4.90. The molecule has 2 bridgehead atoms. The maximum absolute atomic E-state index is 12.9. The molecule has 1 aromatic heterocycles. The van der Waals surface area contributed by atoms with E-state index in [0.29, 0.717) is 31.1 Å². The first-order valence-corrected chi connectivity index (χ1v) is 11.7. The number of hydrogen-bond acceptors (Lipinski definition) is 5. The second-order valence-electron chi connectivity index (χ2n) is 9.61. The van der Waals surface area contributed by atoms with Crippen LogP contribution in [0.5, 0.6) is 0 Å². The average molecular weight is 431 g/mol. The zero-order chi connectivity index (χ0) is 22.1. The number of hydrogen-bond donors (Lipinski definition) is 0. The minimum absolute atomic E-state index is 0.165. The summed E-state index contributed by atoms with van der Waals surface area (Å²) in [5, 5.41) is 9.03. The van der Waals surface area contributed by atoms with Crippen LogP contribution < -0.4 is 4.90 Å². The number of rotatable bonds is 7. The van der Waals surface area contributed by atoms with E-state index in [1.54, 1.807) is 6.20 Å². The smallest absolute Gasteiger partial charge is 0.225 e. The third-order valence-corrected chi connectivity index (χ3v) is 7.46. The van der Waals surface area contributed by atoms with Crippen LogP contribution in [0.2, 0.25) is 0 Å². The fourth-order valence-electron chi connectivity index (χ4n) is 5.44. The number of amides is 1. The molecule has 2 unspecified atom stereocenters. The number of aromatic nitrogens is 1. The molecule has 3 fully saturated rings. The fraction of sp³-hybridized carbons (Fsp3) is 0.500. The highest BCUT2D eigenvalue weighted by Gasteiger charge is 2.46. The van der Waals surface area contributed by atoms with Crippen molar-refractivity contribution < 1.29 is 9.53 Å². The van der Waals surface area contributed by atoms with Crippen LogP contribution >= 0.6 is 0 Å². The summed E-state index contributed by atoms with van der Waals surface area (Å²) in [7, 11) is 0. The number of likely N-dealkylation sites (tertiary alicyclic amines) is 1. The van der Waals surface area contributed by atoms with E-state index < -0.39 is 0 Å². The van der Waals surface area contributed by atoms with E-state index in [4.69, 9.17) is 10.00 Å². The zero-order valence-electron chi connectivity index (χ0n) is 18.6. The Bertz CT molecular complexity index is 997. The fourth-order valence-corrected chi connectivity index (χ4v) is 5.44. The number of pyridine rings is 1.